The molecule has 0 fully saturated rings. The number of nitrogens with zero attached hydrogens (tertiary/aromatic N) is 1. The van der Waals surface area contributed by atoms with Crippen LogP contribution in [0.4, 0.5) is 0 Å². The number of alkyl halides is 1. The Morgan fingerprint density at radius 2 is 1.95 bits per heavy atom. The average Bonchev–Trinajstić information content (AvgIpc) is 2.60. The van der Waals surface area contributed by atoms with E-state index in [2.05, 4.69) is 10.9 Å². The van der Waals surface area contributed by atoms with Gasteiger partial charge in [0.05, 0.1) is 19.9 Å². The van der Waals surface area contributed by atoms with Crippen LogP contribution in [-0.4, -0.2) is 37.7 Å². The number of methoxy groups -OCH3 is 2. The summed E-state index contributed by atoms with van der Waals surface area (Å²) < 4.78 is 10.5. The van der Waals surface area contributed by atoms with Crippen molar-refractivity contribution in [2.24, 2.45) is 0 Å². The molecule has 1 aromatic rings. The number of benzene rings is 1. The molecule has 1 heterocycles. The lowest BCUT2D eigenvalue weighted by Gasteiger charge is -2.26. The van der Waals surface area contributed by atoms with Gasteiger partial charge in [0, 0.05) is 18.7 Å². The van der Waals surface area contributed by atoms with Crippen molar-refractivity contribution in [1.29, 1.82) is 0 Å². The molecule has 1 atom stereocenters. The number of hydrogen-bond acceptors (Lipinski definition) is 5. The number of carbonyl (C=O) groups is 1. The first-order valence-corrected chi connectivity index (χ1v) is 6.37. The molecule has 2 rings (SSSR count). The fourth-order valence-corrected chi connectivity index (χ4v) is 2.05. The Labute approximate surface area is 122 Å². The Balaban J connectivity index is 2.45. The van der Waals surface area contributed by atoms with Crippen molar-refractivity contribution in [1.82, 2.24) is 15.8 Å². The zero-order valence-corrected chi connectivity index (χ0v) is 12.2. The molecule has 0 radical (unpaired) electrons. The molecule has 0 spiro atoms. The van der Waals surface area contributed by atoms with Crippen LogP contribution in [0.1, 0.15) is 5.56 Å². The summed E-state index contributed by atoms with van der Waals surface area (Å²) in [7, 11) is 4.92. The summed E-state index contributed by atoms with van der Waals surface area (Å²) in [5, 5.41) is 0. The van der Waals surface area contributed by atoms with Gasteiger partial charge in [0.2, 0.25) is 0 Å². The van der Waals surface area contributed by atoms with Crippen LogP contribution in [0.15, 0.2) is 24.3 Å². The van der Waals surface area contributed by atoms with E-state index in [9.17, 15) is 4.79 Å². The molecule has 0 aromatic heterocycles. The van der Waals surface area contributed by atoms with Gasteiger partial charge in [0.25, 0.3) is 5.91 Å². The van der Waals surface area contributed by atoms with E-state index in [0.717, 1.165) is 5.56 Å². The number of rotatable bonds is 3. The minimum atomic E-state index is -0.555. The number of carbonyl (C=O) groups excluding carboxylic acids is 1. The van der Waals surface area contributed by atoms with E-state index < -0.39 is 5.62 Å². The monoisotopic (exact) mass is 297 g/mol. The van der Waals surface area contributed by atoms with E-state index in [0.29, 0.717) is 17.2 Å². The third kappa shape index (κ3) is 2.81. The van der Waals surface area contributed by atoms with E-state index >= 15 is 0 Å². The van der Waals surface area contributed by atoms with Gasteiger partial charge in [0.15, 0.2) is 17.1 Å². The van der Waals surface area contributed by atoms with Crippen LogP contribution in [0.25, 0.3) is 5.70 Å². The number of hydrazine groups is 1. The zero-order valence-electron chi connectivity index (χ0n) is 11.4. The Morgan fingerprint density at radius 1 is 1.25 bits per heavy atom. The van der Waals surface area contributed by atoms with Crippen molar-refractivity contribution in [2.45, 2.75) is 5.62 Å². The molecule has 108 valence electrons. The summed E-state index contributed by atoms with van der Waals surface area (Å²) in [5.74, 6) is 0.936. The lowest BCUT2D eigenvalue weighted by Crippen LogP contribution is -2.45. The SMILES string of the molecule is COc1ccc(C2=CC(=O)NNC(Cl)N2C)cc1OC. The van der Waals surface area contributed by atoms with Crippen molar-refractivity contribution < 1.29 is 14.3 Å². The molecular formula is C13H16ClN3O3. The first-order chi connectivity index (χ1) is 9.56. The Bertz CT molecular complexity index is 548. The largest absolute Gasteiger partial charge is 0.493 e. The van der Waals surface area contributed by atoms with Crippen molar-refractivity contribution in [3.63, 3.8) is 0 Å². The molecule has 0 aliphatic carbocycles. The standard InChI is InChI=1S/C13H16ClN3O3/c1-17-9(7-12(18)15-16-13(17)14)8-4-5-10(19-2)11(6-8)20-3/h4-7,13,16H,1-3H3,(H,15,18). The second kappa shape index (κ2) is 6.02. The highest BCUT2D eigenvalue weighted by atomic mass is 35.5. The lowest BCUT2D eigenvalue weighted by atomic mass is 10.1. The maximum atomic E-state index is 11.6. The molecule has 1 aliphatic heterocycles. The predicted molar refractivity (Wildman–Crippen MR) is 76.2 cm³/mol. The average molecular weight is 298 g/mol. The maximum absolute atomic E-state index is 11.6. The third-order valence-corrected chi connectivity index (χ3v) is 3.38. The first-order valence-electron chi connectivity index (χ1n) is 5.93. The highest BCUT2D eigenvalue weighted by Gasteiger charge is 2.21. The molecule has 6 nitrogen and oxygen atoms in total. The quantitative estimate of drug-likeness (QED) is 0.647. The van der Waals surface area contributed by atoms with Crippen LogP contribution in [-0.2, 0) is 4.79 Å². The van der Waals surface area contributed by atoms with E-state index in [1.165, 1.54) is 6.08 Å². The van der Waals surface area contributed by atoms with Gasteiger partial charge in [-0.05, 0) is 18.2 Å². The van der Waals surface area contributed by atoms with E-state index in [-0.39, 0.29) is 5.91 Å². The van der Waals surface area contributed by atoms with Crippen LogP contribution in [0.3, 0.4) is 0 Å². The number of ether oxygens (including phenoxy) is 2. The molecule has 1 unspecified atom stereocenters. The topological polar surface area (TPSA) is 62.8 Å². The number of amides is 1. The van der Waals surface area contributed by atoms with E-state index in [1.54, 1.807) is 38.3 Å². The van der Waals surface area contributed by atoms with Crippen LogP contribution in [0.5, 0.6) is 11.5 Å². The molecule has 2 N–H and O–H groups in total. The Morgan fingerprint density at radius 3 is 2.60 bits per heavy atom. The van der Waals surface area contributed by atoms with Gasteiger partial charge in [-0.2, -0.15) is 5.43 Å². The fourth-order valence-electron chi connectivity index (χ4n) is 1.89. The summed E-state index contributed by atoms with van der Waals surface area (Å²) >= 11 is 6.12. The molecular weight excluding hydrogens is 282 g/mol. The minimum Gasteiger partial charge on any atom is -0.493 e. The first kappa shape index (κ1) is 14.5. The zero-order chi connectivity index (χ0) is 14.7. The predicted octanol–water partition coefficient (Wildman–Crippen LogP) is 1.13. The van der Waals surface area contributed by atoms with Crippen molar-refractivity contribution in [3.8, 4) is 11.5 Å². The highest BCUT2D eigenvalue weighted by molar-refractivity contribution is 6.20. The normalized spacial score (nSPS) is 19.0. The van der Waals surface area contributed by atoms with Crippen molar-refractivity contribution in [3.05, 3.63) is 29.8 Å². The van der Waals surface area contributed by atoms with E-state index in [1.807, 2.05) is 6.07 Å². The van der Waals surface area contributed by atoms with Gasteiger partial charge in [-0.3, -0.25) is 10.2 Å². The summed E-state index contributed by atoms with van der Waals surface area (Å²) in [6.45, 7) is 0. The van der Waals surface area contributed by atoms with Gasteiger partial charge in [-0.1, -0.05) is 11.6 Å². The van der Waals surface area contributed by atoms with Crippen LogP contribution in [0, 0.1) is 0 Å². The van der Waals surface area contributed by atoms with Gasteiger partial charge in [-0.25, -0.2) is 0 Å². The highest BCUT2D eigenvalue weighted by Crippen LogP contribution is 2.32. The van der Waals surface area contributed by atoms with Gasteiger partial charge < -0.3 is 14.4 Å². The van der Waals surface area contributed by atoms with Crippen molar-refractivity contribution >= 4 is 23.2 Å². The molecule has 1 amide bonds. The Kier molecular flexibility index (Phi) is 4.36. The molecule has 1 aromatic carbocycles. The number of nitrogens with one attached hydrogen (secondary N) is 2. The third-order valence-electron chi connectivity index (χ3n) is 2.98. The fraction of sp³-hybridized carbons (Fsp3) is 0.308. The van der Waals surface area contributed by atoms with Gasteiger partial charge >= 0.3 is 0 Å². The van der Waals surface area contributed by atoms with Crippen LogP contribution in [0.2, 0.25) is 0 Å². The summed E-state index contributed by atoms with van der Waals surface area (Å²) in [5.41, 5.74) is 6.08. The molecule has 20 heavy (non-hydrogen) atoms. The van der Waals surface area contributed by atoms with E-state index in [4.69, 9.17) is 21.1 Å². The summed E-state index contributed by atoms with van der Waals surface area (Å²) in [6.07, 6.45) is 1.47. The molecule has 0 saturated carbocycles. The van der Waals surface area contributed by atoms with Crippen LogP contribution < -0.4 is 20.3 Å². The smallest absolute Gasteiger partial charge is 0.260 e. The summed E-state index contributed by atoms with van der Waals surface area (Å²) in [4.78, 5) is 13.4. The summed E-state index contributed by atoms with van der Waals surface area (Å²) in [6, 6.07) is 5.41. The van der Waals surface area contributed by atoms with Crippen LogP contribution >= 0.6 is 11.6 Å². The van der Waals surface area contributed by atoms with Gasteiger partial charge in [0.1, 0.15) is 0 Å². The lowest BCUT2D eigenvalue weighted by molar-refractivity contribution is -0.117. The second-order valence-electron chi connectivity index (χ2n) is 4.18. The molecule has 7 heteroatoms. The second-order valence-corrected chi connectivity index (χ2v) is 4.59. The number of hydrogen-bond donors (Lipinski definition) is 2. The molecule has 0 saturated heterocycles. The molecule has 1 aliphatic rings. The minimum absolute atomic E-state index is 0.273. The molecule has 0 bridgehead atoms. The Hall–Kier alpha value is -1.92. The number of halogens is 1. The van der Waals surface area contributed by atoms with Gasteiger partial charge in [-0.15, -0.1) is 0 Å². The maximum Gasteiger partial charge on any atom is 0.260 e. The van der Waals surface area contributed by atoms with Crippen molar-refractivity contribution in [2.75, 3.05) is 21.3 Å².